The van der Waals surface area contributed by atoms with E-state index in [4.69, 9.17) is 23.4 Å². The van der Waals surface area contributed by atoms with Gasteiger partial charge in [0.25, 0.3) is 0 Å². The lowest BCUT2D eigenvalue weighted by molar-refractivity contribution is -0.147. The Labute approximate surface area is 217 Å². The fraction of sp³-hybridized carbons (Fsp3) is 0.370. The van der Waals surface area contributed by atoms with Gasteiger partial charge in [0.15, 0.2) is 5.42 Å². The largest absolute Gasteiger partial charge is 0.468 e. The van der Waals surface area contributed by atoms with Gasteiger partial charge in [-0.2, -0.15) is 0 Å². The first-order valence-corrected chi connectivity index (χ1v) is 11.5. The minimum Gasteiger partial charge on any atom is -0.468 e. The fourth-order valence-electron chi connectivity index (χ4n) is 4.22. The van der Waals surface area contributed by atoms with Crippen molar-refractivity contribution < 1.29 is 42.5 Å². The molecule has 11 nitrogen and oxygen atoms in total. The van der Waals surface area contributed by atoms with Gasteiger partial charge >= 0.3 is 23.9 Å². The van der Waals surface area contributed by atoms with E-state index in [0.717, 1.165) is 34.0 Å². The molecule has 11 heteroatoms. The normalized spacial score (nSPS) is 15.4. The van der Waals surface area contributed by atoms with E-state index in [1.165, 1.54) is 6.07 Å². The molecule has 1 aromatic heterocycles. The molecule has 1 aliphatic carbocycles. The second-order valence-electron chi connectivity index (χ2n) is 9.52. The molecule has 0 aliphatic heterocycles. The minimum atomic E-state index is -1.88. The Kier molecular flexibility index (Phi) is 7.80. The van der Waals surface area contributed by atoms with E-state index in [2.05, 4.69) is 5.32 Å². The highest BCUT2D eigenvalue weighted by Gasteiger charge is 2.45. The highest BCUT2D eigenvalue weighted by molar-refractivity contribution is 6.22. The fourth-order valence-corrected chi connectivity index (χ4v) is 4.22. The van der Waals surface area contributed by atoms with Crippen LogP contribution in [-0.2, 0) is 38.1 Å². The van der Waals surface area contributed by atoms with E-state index in [-0.39, 0.29) is 27.3 Å². The number of ether oxygens (including phenoxy) is 4. The molecule has 0 saturated carbocycles. The van der Waals surface area contributed by atoms with Gasteiger partial charge in [-0.05, 0) is 39.8 Å². The highest BCUT2D eigenvalue weighted by Crippen LogP contribution is 2.32. The van der Waals surface area contributed by atoms with Crippen LogP contribution in [0.15, 0.2) is 38.6 Å². The monoisotopic (exact) mass is 527 g/mol. The number of carbonyl (C=O) groups is 4. The summed E-state index contributed by atoms with van der Waals surface area (Å²) in [6.45, 7) is 7.00. The molecule has 0 amide bonds. The molecule has 1 unspecified atom stereocenters. The van der Waals surface area contributed by atoms with Crippen molar-refractivity contribution in [2.75, 3.05) is 28.4 Å². The Balaban J connectivity index is 2.90. The number of benzene rings is 1. The predicted octanol–water partition coefficient (Wildman–Crippen LogP) is 0.367. The highest BCUT2D eigenvalue weighted by atomic mass is 16.5. The number of esters is 4. The zero-order valence-corrected chi connectivity index (χ0v) is 22.4. The molecule has 0 fully saturated rings. The van der Waals surface area contributed by atoms with Gasteiger partial charge in [-0.1, -0.05) is 11.6 Å². The summed E-state index contributed by atoms with van der Waals surface area (Å²) in [5.41, 5.74) is -2.78. The molecule has 3 rings (SSSR count). The summed E-state index contributed by atoms with van der Waals surface area (Å²) in [6, 6.07) is 4.81. The van der Waals surface area contributed by atoms with Crippen LogP contribution in [0, 0.1) is 12.8 Å². The molecule has 1 atom stereocenters. The lowest BCUT2D eigenvalue weighted by atomic mass is 9.87. The number of hydrogen-bond donors (Lipinski definition) is 1. The maximum absolute atomic E-state index is 14.1. The molecule has 0 spiro atoms. The Morgan fingerprint density at radius 1 is 0.868 bits per heavy atom. The first kappa shape index (κ1) is 28.2. The van der Waals surface area contributed by atoms with Gasteiger partial charge in [-0.25, -0.2) is 14.4 Å². The van der Waals surface area contributed by atoms with Crippen LogP contribution in [0.1, 0.15) is 26.3 Å². The smallest absolute Gasteiger partial charge is 0.340 e. The maximum Gasteiger partial charge on any atom is 0.340 e. The zero-order valence-electron chi connectivity index (χ0n) is 22.4. The molecule has 0 saturated heterocycles. The number of nitrogens with one attached hydrogen (secondary N) is 1. The minimum absolute atomic E-state index is 0.0978. The van der Waals surface area contributed by atoms with Gasteiger partial charge in [0, 0.05) is 5.54 Å². The molecule has 1 aliphatic rings. The van der Waals surface area contributed by atoms with Crippen LogP contribution in [0.25, 0.3) is 22.2 Å². The van der Waals surface area contributed by atoms with Crippen LogP contribution >= 0.6 is 0 Å². The number of fused-ring (bicyclic) bond motifs is 2. The van der Waals surface area contributed by atoms with Gasteiger partial charge in [0.2, 0.25) is 5.43 Å². The van der Waals surface area contributed by atoms with Crippen molar-refractivity contribution in [1.82, 2.24) is 5.32 Å². The number of aryl methyl sites for hydroxylation is 1. The average Bonchev–Trinajstić information content (AvgIpc) is 2.99. The second-order valence-corrected chi connectivity index (χ2v) is 9.52. The van der Waals surface area contributed by atoms with Crippen LogP contribution < -0.4 is 21.4 Å². The number of carbonyl (C=O) groups excluding carboxylic acids is 4. The van der Waals surface area contributed by atoms with E-state index >= 15 is 0 Å². The van der Waals surface area contributed by atoms with Crippen molar-refractivity contribution in [3.63, 3.8) is 0 Å². The van der Waals surface area contributed by atoms with Gasteiger partial charge in [-0.15, -0.1) is 0 Å². The van der Waals surface area contributed by atoms with Crippen molar-refractivity contribution >= 4 is 46.1 Å². The van der Waals surface area contributed by atoms with Gasteiger partial charge in [-0.3, -0.25) is 9.59 Å². The zero-order chi connectivity index (χ0) is 28.5. The number of methoxy groups -OCH3 is 4. The second kappa shape index (κ2) is 10.5. The molecule has 0 bridgehead atoms. The molecular weight excluding hydrogens is 498 g/mol. The Morgan fingerprint density at radius 3 is 1.97 bits per heavy atom. The summed E-state index contributed by atoms with van der Waals surface area (Å²) in [5.74, 6) is -6.30. The predicted molar refractivity (Wildman–Crippen MR) is 135 cm³/mol. The SMILES string of the molecule is COC(=O)C1=C(C(=O)OC)C(C(=O)OC)C(C(=O)OC)=c2oc3ccc(C)cc3c(=O)c2=C1NC(C)(C)C. The van der Waals surface area contributed by atoms with Gasteiger partial charge in [0.1, 0.15) is 11.5 Å². The summed E-state index contributed by atoms with van der Waals surface area (Å²) in [4.78, 5) is 67.2. The van der Waals surface area contributed by atoms with Crippen LogP contribution in [-0.4, -0.2) is 57.9 Å². The van der Waals surface area contributed by atoms with E-state index in [1.54, 1.807) is 39.8 Å². The van der Waals surface area contributed by atoms with E-state index in [1.807, 2.05) is 0 Å². The molecule has 1 aromatic carbocycles. The molecule has 0 radical (unpaired) electrons. The van der Waals surface area contributed by atoms with Crippen LogP contribution in [0.4, 0.5) is 0 Å². The Morgan fingerprint density at radius 2 is 1.45 bits per heavy atom. The lowest BCUT2D eigenvalue weighted by Gasteiger charge is -2.26. The quantitative estimate of drug-likeness (QED) is 0.425. The van der Waals surface area contributed by atoms with Crippen molar-refractivity contribution in [2.45, 2.75) is 33.2 Å². The summed E-state index contributed by atoms with van der Waals surface area (Å²) in [7, 11) is 4.19. The third kappa shape index (κ3) is 4.91. The van der Waals surface area contributed by atoms with E-state index < -0.39 is 57.5 Å². The van der Waals surface area contributed by atoms with Crippen molar-refractivity contribution in [1.29, 1.82) is 0 Å². The summed E-state index contributed by atoms with van der Waals surface area (Å²) in [5, 5.41) is 2.94. The first-order chi connectivity index (χ1) is 17.8. The number of rotatable bonds is 5. The molecular formula is C27H29NO10. The van der Waals surface area contributed by atoms with Crippen LogP contribution in [0.3, 0.4) is 0 Å². The summed E-state index contributed by atoms with van der Waals surface area (Å²) < 4.78 is 25.9. The van der Waals surface area contributed by atoms with Gasteiger partial charge < -0.3 is 28.7 Å². The van der Waals surface area contributed by atoms with Gasteiger partial charge in [0.05, 0.1) is 61.5 Å². The van der Waals surface area contributed by atoms with Crippen LogP contribution in [0.5, 0.6) is 0 Å². The molecule has 1 heterocycles. The van der Waals surface area contributed by atoms with E-state index in [0.29, 0.717) is 0 Å². The molecule has 1 N–H and O–H groups in total. The maximum atomic E-state index is 14.1. The van der Waals surface area contributed by atoms with Crippen molar-refractivity contribution in [2.24, 2.45) is 5.92 Å². The molecule has 202 valence electrons. The third-order valence-electron chi connectivity index (χ3n) is 5.77. The molecule has 2 aromatic rings. The Hall–Kier alpha value is -4.41. The Bertz CT molecular complexity index is 1570. The van der Waals surface area contributed by atoms with Crippen molar-refractivity contribution in [3.05, 3.63) is 55.8 Å². The summed E-state index contributed by atoms with van der Waals surface area (Å²) >= 11 is 0. The topological polar surface area (TPSA) is 147 Å². The third-order valence-corrected chi connectivity index (χ3v) is 5.77. The average molecular weight is 528 g/mol. The molecule has 38 heavy (non-hydrogen) atoms. The number of hydrogen-bond acceptors (Lipinski definition) is 11. The standard InChI is InChI=1S/C27H29NO10/c1-12-9-10-14-13(11-12)21(29)19-20(28-27(2,3)4)17(25(32)36-7)15(23(30)34-5)16(24(31)35-6)18(22(19)38-14)26(33)37-8/h9-11,16,28H,1-8H3. The lowest BCUT2D eigenvalue weighted by Crippen LogP contribution is -2.49. The van der Waals surface area contributed by atoms with E-state index in [9.17, 15) is 24.0 Å². The first-order valence-electron chi connectivity index (χ1n) is 11.5. The van der Waals surface area contributed by atoms with Crippen molar-refractivity contribution in [3.8, 4) is 0 Å². The summed E-state index contributed by atoms with van der Waals surface area (Å²) in [6.07, 6.45) is 0. The van der Waals surface area contributed by atoms with Crippen LogP contribution in [0.2, 0.25) is 0 Å².